The minimum absolute atomic E-state index is 0.0155. The van der Waals surface area contributed by atoms with Gasteiger partial charge in [0.1, 0.15) is 17.7 Å². The van der Waals surface area contributed by atoms with Crippen molar-refractivity contribution in [2.24, 2.45) is 4.99 Å². The van der Waals surface area contributed by atoms with Gasteiger partial charge in [-0.2, -0.15) is 21.6 Å². The molecular formula is C32H29F3N4O3S. The van der Waals surface area contributed by atoms with Gasteiger partial charge in [0, 0.05) is 6.08 Å². The third-order valence-electron chi connectivity index (χ3n) is 7.04. The number of nitrogens with one attached hydrogen (secondary N) is 3. The molecule has 0 spiro atoms. The molecule has 2 heterocycles. The van der Waals surface area contributed by atoms with Gasteiger partial charge in [-0.15, -0.1) is 0 Å². The average Bonchev–Trinajstić information content (AvgIpc) is 3.63. The topological polar surface area (TPSA) is 103 Å². The van der Waals surface area contributed by atoms with Gasteiger partial charge < -0.3 is 16.0 Å². The number of benzene rings is 4. The van der Waals surface area contributed by atoms with E-state index in [0.717, 1.165) is 11.7 Å². The summed E-state index contributed by atoms with van der Waals surface area (Å²) in [5, 5.41) is 11.1. The van der Waals surface area contributed by atoms with Crippen LogP contribution < -0.4 is 16.0 Å². The smallest absolute Gasteiger partial charge is 0.363 e. The first-order valence-electron chi connectivity index (χ1n) is 13.4. The van der Waals surface area contributed by atoms with Gasteiger partial charge in [0.05, 0.1) is 18.1 Å². The second-order valence-corrected chi connectivity index (χ2v) is 11.4. The van der Waals surface area contributed by atoms with Gasteiger partial charge >= 0.3 is 15.6 Å². The molecule has 7 nitrogen and oxygen atoms in total. The van der Waals surface area contributed by atoms with E-state index >= 15 is 0 Å². The molecular weight excluding hydrogens is 577 g/mol. The van der Waals surface area contributed by atoms with Crippen molar-refractivity contribution in [2.45, 2.75) is 29.7 Å². The van der Waals surface area contributed by atoms with E-state index in [1.54, 1.807) is 0 Å². The zero-order valence-electron chi connectivity index (χ0n) is 22.7. The third-order valence-corrected chi connectivity index (χ3v) is 7.63. The molecule has 6 rings (SSSR count). The Hall–Kier alpha value is -4.61. The van der Waals surface area contributed by atoms with Crippen molar-refractivity contribution in [1.82, 2.24) is 16.0 Å². The lowest BCUT2D eigenvalue weighted by molar-refractivity contribution is -0.0510. The van der Waals surface area contributed by atoms with E-state index in [-0.39, 0.29) is 24.2 Å². The van der Waals surface area contributed by atoms with Crippen LogP contribution in [0.4, 0.5) is 13.2 Å². The monoisotopic (exact) mass is 606 g/mol. The van der Waals surface area contributed by atoms with E-state index in [9.17, 15) is 13.2 Å². The first kappa shape index (κ1) is 29.9. The van der Waals surface area contributed by atoms with E-state index < -0.39 is 15.6 Å². The fourth-order valence-corrected chi connectivity index (χ4v) is 5.06. The summed E-state index contributed by atoms with van der Waals surface area (Å²) in [6.45, 7) is 0. The number of aliphatic imine (C=N–C) groups is 1. The van der Waals surface area contributed by atoms with E-state index in [4.69, 9.17) is 18.0 Å². The normalized spacial score (nSPS) is 21.4. The zero-order valence-corrected chi connectivity index (χ0v) is 23.5. The summed E-state index contributed by atoms with van der Waals surface area (Å²) >= 11 is 0. The second kappa shape index (κ2) is 12.7. The lowest BCUT2D eigenvalue weighted by atomic mass is 9.95. The van der Waals surface area contributed by atoms with Crippen LogP contribution in [0.25, 0.3) is 0 Å². The molecule has 4 N–H and O–H groups in total. The van der Waals surface area contributed by atoms with Crippen LogP contribution in [0.1, 0.15) is 46.4 Å². The summed E-state index contributed by atoms with van der Waals surface area (Å²) in [5.74, 6) is 1.85. The van der Waals surface area contributed by atoms with Crippen molar-refractivity contribution in [1.29, 1.82) is 0 Å². The summed E-state index contributed by atoms with van der Waals surface area (Å²) in [6, 6.07) is 42.7. The lowest BCUT2D eigenvalue weighted by Gasteiger charge is -2.19. The first-order chi connectivity index (χ1) is 20.6. The number of amidine groups is 1. The molecule has 0 aromatic heterocycles. The Balaban J connectivity index is 0.000000407. The van der Waals surface area contributed by atoms with Gasteiger partial charge in [-0.05, 0) is 22.3 Å². The molecule has 0 amide bonds. The molecule has 43 heavy (non-hydrogen) atoms. The number of hydrogen-bond donors (Lipinski definition) is 4. The maximum Gasteiger partial charge on any atom is 0.522 e. The molecule has 0 radical (unpaired) electrons. The first-order valence-corrected chi connectivity index (χ1v) is 14.9. The second-order valence-electron chi connectivity index (χ2n) is 9.95. The van der Waals surface area contributed by atoms with Gasteiger partial charge in [-0.25, -0.2) is 0 Å². The van der Waals surface area contributed by atoms with Gasteiger partial charge in [0.2, 0.25) is 0 Å². The minimum atomic E-state index is -5.84. The molecule has 222 valence electrons. The predicted octanol–water partition coefficient (Wildman–Crippen LogP) is 6.38. The molecule has 11 heteroatoms. The highest BCUT2D eigenvalue weighted by Crippen LogP contribution is 2.38. The highest BCUT2D eigenvalue weighted by atomic mass is 32.2. The number of rotatable bonds is 5. The fraction of sp³-hybridized carbons (Fsp3) is 0.156. The molecule has 4 aromatic rings. The van der Waals surface area contributed by atoms with Crippen molar-refractivity contribution in [3.05, 3.63) is 155 Å². The van der Waals surface area contributed by atoms with Crippen LogP contribution >= 0.6 is 0 Å². The van der Waals surface area contributed by atoms with E-state index in [1.807, 2.05) is 0 Å². The predicted molar refractivity (Wildman–Crippen MR) is 159 cm³/mol. The SMILES string of the molecule is C(=C1N[C@H](c2ccccc2)[C@@H](c2ccccc2)N1)C1=N[C@H](c2ccccc2)[C@@H](c2ccccc2)N1.O=S(=O)(O)C(F)(F)F. The molecule has 0 aliphatic carbocycles. The van der Waals surface area contributed by atoms with E-state index in [1.165, 1.54) is 22.3 Å². The van der Waals surface area contributed by atoms with Gasteiger partial charge in [0.15, 0.2) is 0 Å². The minimum Gasteiger partial charge on any atom is -0.363 e. The Morgan fingerprint density at radius 2 is 0.953 bits per heavy atom. The van der Waals surface area contributed by atoms with Crippen molar-refractivity contribution >= 4 is 16.0 Å². The molecule has 4 atom stereocenters. The maximum atomic E-state index is 10.7. The van der Waals surface area contributed by atoms with E-state index in [2.05, 4.69) is 143 Å². The highest BCUT2D eigenvalue weighted by molar-refractivity contribution is 7.86. The van der Waals surface area contributed by atoms with Crippen LogP contribution in [0.5, 0.6) is 0 Å². The summed E-state index contributed by atoms with van der Waals surface area (Å²) in [5.41, 5.74) is -0.590. The molecule has 1 fully saturated rings. The standard InChI is InChI=1S/C31H28N4.CHF3O3S/c1-5-13-22(14-6-1)28-29(23-15-7-2-8-16-23)33-26(32-28)21-27-34-30(24-17-9-3-10-18-24)31(35-27)25-19-11-4-12-20-25;2-1(3,4)8(5,6)7/h1-21,28-33H,(H,34,35);(H,5,6,7)/t28-,29-,30-,31-;/m1./s1. The zero-order chi connectivity index (χ0) is 30.5. The van der Waals surface area contributed by atoms with Crippen LogP contribution in [0.3, 0.4) is 0 Å². The number of halogens is 3. The van der Waals surface area contributed by atoms with E-state index in [0.29, 0.717) is 0 Å². The molecule has 1 saturated heterocycles. The summed E-state index contributed by atoms with van der Waals surface area (Å²) < 4.78 is 57.5. The quantitative estimate of drug-likeness (QED) is 0.155. The molecule has 0 bridgehead atoms. The number of nitrogens with zero attached hydrogens (tertiary/aromatic N) is 1. The molecule has 2 aliphatic rings. The van der Waals surface area contributed by atoms with Crippen molar-refractivity contribution in [2.75, 3.05) is 0 Å². The molecule has 0 unspecified atom stereocenters. The summed E-state index contributed by atoms with van der Waals surface area (Å²) in [4.78, 5) is 5.12. The Kier molecular flexibility index (Phi) is 8.84. The van der Waals surface area contributed by atoms with Gasteiger partial charge in [-0.3, -0.25) is 9.55 Å². The molecule has 0 saturated carbocycles. The van der Waals surface area contributed by atoms with Gasteiger partial charge in [0.25, 0.3) is 0 Å². The van der Waals surface area contributed by atoms with Crippen molar-refractivity contribution < 1.29 is 26.1 Å². The van der Waals surface area contributed by atoms with Gasteiger partial charge in [-0.1, -0.05) is 121 Å². The van der Waals surface area contributed by atoms with Crippen LogP contribution in [-0.4, -0.2) is 24.3 Å². The summed E-state index contributed by atoms with van der Waals surface area (Å²) in [6.07, 6.45) is 2.11. The highest BCUT2D eigenvalue weighted by Gasteiger charge is 2.44. The van der Waals surface area contributed by atoms with Crippen LogP contribution in [0, 0.1) is 0 Å². The summed E-state index contributed by atoms with van der Waals surface area (Å²) in [7, 11) is -5.84. The Labute approximate surface area is 247 Å². The van der Waals surface area contributed by atoms with Crippen molar-refractivity contribution in [3.8, 4) is 0 Å². The Morgan fingerprint density at radius 1 is 0.605 bits per heavy atom. The Morgan fingerprint density at radius 3 is 1.33 bits per heavy atom. The maximum absolute atomic E-state index is 10.7. The van der Waals surface area contributed by atoms with Crippen LogP contribution in [0.2, 0.25) is 0 Å². The molecule has 4 aromatic carbocycles. The lowest BCUT2D eigenvalue weighted by Crippen LogP contribution is -2.25. The number of hydrogen-bond acceptors (Lipinski definition) is 6. The Bertz CT molecular complexity index is 1620. The largest absolute Gasteiger partial charge is 0.522 e. The van der Waals surface area contributed by atoms with Crippen LogP contribution in [0.15, 0.2) is 138 Å². The molecule has 2 aliphatic heterocycles. The van der Waals surface area contributed by atoms with Crippen molar-refractivity contribution in [3.63, 3.8) is 0 Å². The van der Waals surface area contributed by atoms with Crippen LogP contribution in [-0.2, 0) is 10.1 Å². The third kappa shape index (κ3) is 7.25. The number of alkyl halides is 3. The average molecular weight is 607 g/mol. The fourth-order valence-electron chi connectivity index (χ4n) is 5.06.